The molecule has 2 aliphatic heterocycles. The van der Waals surface area contributed by atoms with Crippen LogP contribution in [0.3, 0.4) is 0 Å². The molecule has 2 unspecified atom stereocenters. The van der Waals surface area contributed by atoms with Gasteiger partial charge in [0.15, 0.2) is 0 Å². The van der Waals surface area contributed by atoms with Crippen LogP contribution in [0.15, 0.2) is 109 Å². The van der Waals surface area contributed by atoms with E-state index in [4.69, 9.17) is 4.74 Å². The van der Waals surface area contributed by atoms with Crippen LogP contribution in [0.25, 0.3) is 0 Å². The van der Waals surface area contributed by atoms with Crippen molar-refractivity contribution in [1.29, 1.82) is 5.26 Å². The third-order valence-corrected chi connectivity index (χ3v) is 8.30. The number of benzene rings is 4. The lowest BCUT2D eigenvalue weighted by Crippen LogP contribution is -2.49. The summed E-state index contributed by atoms with van der Waals surface area (Å²) in [5, 5.41) is 9.19. The van der Waals surface area contributed by atoms with Gasteiger partial charge in [-0.2, -0.15) is 5.26 Å². The number of piperidine rings is 1. The molecule has 0 aliphatic carbocycles. The van der Waals surface area contributed by atoms with Crippen LogP contribution in [-0.4, -0.2) is 33.9 Å². The standard InChI is InChI=1S/C36H35N3O2/c37-23-30-12-7-13-34(20-30)41-35-21-32-18-19-33(22-35)39(32)36(40)31-16-14-29(15-17-31)26-38(24-27-8-3-1-4-9-27)25-28-10-5-2-6-11-28/h1-17,20,32-33,35H,18-19,21-22,24-26H2. The molecule has 41 heavy (non-hydrogen) atoms. The Morgan fingerprint density at radius 2 is 1.32 bits per heavy atom. The second kappa shape index (κ2) is 12.4. The largest absolute Gasteiger partial charge is 0.490 e. The van der Waals surface area contributed by atoms with Crippen molar-refractivity contribution in [2.45, 2.75) is 63.5 Å². The van der Waals surface area contributed by atoms with Gasteiger partial charge in [-0.3, -0.25) is 9.69 Å². The number of ether oxygens (including phenoxy) is 1. The third-order valence-electron chi connectivity index (χ3n) is 8.30. The van der Waals surface area contributed by atoms with E-state index >= 15 is 0 Å². The van der Waals surface area contributed by atoms with Gasteiger partial charge < -0.3 is 9.64 Å². The fraction of sp³-hybridized carbons (Fsp3) is 0.278. The van der Waals surface area contributed by atoms with Gasteiger partial charge in [0.1, 0.15) is 11.9 Å². The molecular weight excluding hydrogens is 506 g/mol. The Bertz CT molecular complexity index is 1440. The van der Waals surface area contributed by atoms with Crippen LogP contribution in [0, 0.1) is 11.3 Å². The Hall–Kier alpha value is -4.40. The number of hydrogen-bond donors (Lipinski definition) is 0. The molecule has 0 N–H and O–H groups in total. The van der Waals surface area contributed by atoms with Crippen molar-refractivity contribution in [3.63, 3.8) is 0 Å². The van der Waals surface area contributed by atoms with Gasteiger partial charge in [0.05, 0.1) is 11.6 Å². The van der Waals surface area contributed by atoms with E-state index < -0.39 is 0 Å². The zero-order chi connectivity index (χ0) is 28.0. The summed E-state index contributed by atoms with van der Waals surface area (Å²) in [6.07, 6.45) is 3.74. The molecule has 4 aromatic rings. The van der Waals surface area contributed by atoms with E-state index in [0.717, 1.165) is 56.6 Å². The van der Waals surface area contributed by atoms with Crippen LogP contribution in [0.2, 0.25) is 0 Å². The fourth-order valence-corrected chi connectivity index (χ4v) is 6.40. The van der Waals surface area contributed by atoms with Gasteiger partial charge in [-0.25, -0.2) is 0 Å². The third kappa shape index (κ3) is 6.51. The molecule has 0 spiro atoms. The van der Waals surface area contributed by atoms with Gasteiger partial charge in [-0.15, -0.1) is 0 Å². The van der Waals surface area contributed by atoms with Crippen molar-refractivity contribution < 1.29 is 9.53 Å². The first-order chi connectivity index (χ1) is 20.1. The average molecular weight is 542 g/mol. The Labute approximate surface area is 242 Å². The maximum absolute atomic E-state index is 13.7. The molecule has 2 saturated heterocycles. The highest BCUT2D eigenvalue weighted by molar-refractivity contribution is 5.95. The number of rotatable bonds is 9. The number of carbonyl (C=O) groups is 1. The Morgan fingerprint density at radius 3 is 1.88 bits per heavy atom. The van der Waals surface area contributed by atoms with Crippen LogP contribution in [0.4, 0.5) is 0 Å². The lowest BCUT2D eigenvalue weighted by Gasteiger charge is -2.39. The molecular formula is C36H35N3O2. The number of carbonyl (C=O) groups excluding carboxylic acids is 1. The van der Waals surface area contributed by atoms with Crippen LogP contribution in [0.1, 0.15) is 58.3 Å². The Kier molecular flexibility index (Phi) is 8.11. The van der Waals surface area contributed by atoms with E-state index in [1.807, 2.05) is 24.3 Å². The highest BCUT2D eigenvalue weighted by atomic mass is 16.5. The molecule has 5 heteroatoms. The smallest absolute Gasteiger partial charge is 0.254 e. The summed E-state index contributed by atoms with van der Waals surface area (Å²) in [5.74, 6) is 0.858. The van der Waals surface area contributed by atoms with E-state index in [1.54, 1.807) is 12.1 Å². The first-order valence-corrected chi connectivity index (χ1v) is 14.5. The second-order valence-electron chi connectivity index (χ2n) is 11.3. The van der Waals surface area contributed by atoms with Gasteiger partial charge in [-0.1, -0.05) is 78.9 Å². The fourth-order valence-electron chi connectivity index (χ4n) is 6.40. The molecule has 2 aliphatic rings. The van der Waals surface area contributed by atoms with Crippen molar-refractivity contribution in [1.82, 2.24) is 9.80 Å². The van der Waals surface area contributed by atoms with E-state index in [-0.39, 0.29) is 24.1 Å². The Balaban J connectivity index is 1.10. The zero-order valence-corrected chi connectivity index (χ0v) is 23.2. The van der Waals surface area contributed by atoms with Gasteiger partial charge in [0, 0.05) is 50.1 Å². The van der Waals surface area contributed by atoms with Crippen molar-refractivity contribution in [2.75, 3.05) is 0 Å². The maximum atomic E-state index is 13.7. The average Bonchev–Trinajstić information content (AvgIpc) is 3.28. The second-order valence-corrected chi connectivity index (χ2v) is 11.3. The summed E-state index contributed by atoms with van der Waals surface area (Å²) in [6, 6.07) is 39.3. The summed E-state index contributed by atoms with van der Waals surface area (Å²) in [6.45, 7) is 2.52. The first kappa shape index (κ1) is 26.8. The van der Waals surface area contributed by atoms with E-state index in [2.05, 4.69) is 88.7 Å². The summed E-state index contributed by atoms with van der Waals surface area (Å²) < 4.78 is 6.26. The molecule has 1 amide bonds. The number of nitriles is 1. The van der Waals surface area contributed by atoms with Gasteiger partial charge >= 0.3 is 0 Å². The van der Waals surface area contributed by atoms with E-state index in [9.17, 15) is 10.1 Å². The molecule has 2 atom stereocenters. The predicted molar refractivity (Wildman–Crippen MR) is 160 cm³/mol. The number of amides is 1. The molecule has 0 saturated carbocycles. The van der Waals surface area contributed by atoms with Crippen LogP contribution >= 0.6 is 0 Å². The maximum Gasteiger partial charge on any atom is 0.254 e. The Morgan fingerprint density at radius 1 is 0.756 bits per heavy atom. The number of hydrogen-bond acceptors (Lipinski definition) is 4. The van der Waals surface area contributed by atoms with Crippen molar-refractivity contribution in [3.8, 4) is 11.8 Å². The topological polar surface area (TPSA) is 56.6 Å². The van der Waals surface area contributed by atoms with Crippen molar-refractivity contribution >= 4 is 5.91 Å². The highest BCUT2D eigenvalue weighted by Crippen LogP contribution is 2.38. The van der Waals surface area contributed by atoms with E-state index in [1.165, 1.54) is 16.7 Å². The lowest BCUT2D eigenvalue weighted by atomic mass is 9.98. The van der Waals surface area contributed by atoms with Crippen LogP contribution < -0.4 is 4.74 Å². The minimum atomic E-state index is 0.0630. The quantitative estimate of drug-likeness (QED) is 0.230. The highest BCUT2D eigenvalue weighted by Gasteiger charge is 2.44. The molecule has 2 fully saturated rings. The molecule has 4 aromatic carbocycles. The SMILES string of the molecule is N#Cc1cccc(OC2CC3CCC(C2)N3C(=O)c2ccc(CN(Cc3ccccc3)Cc3ccccc3)cc2)c1. The predicted octanol–water partition coefficient (Wildman–Crippen LogP) is 6.98. The molecule has 2 heterocycles. The normalized spacial score (nSPS) is 19.6. The first-order valence-electron chi connectivity index (χ1n) is 14.5. The molecule has 2 bridgehead atoms. The van der Waals surface area contributed by atoms with Gasteiger partial charge in [-0.05, 0) is 59.9 Å². The summed E-state index contributed by atoms with van der Waals surface area (Å²) in [7, 11) is 0. The molecule has 5 nitrogen and oxygen atoms in total. The van der Waals surface area contributed by atoms with Gasteiger partial charge in [0.2, 0.25) is 0 Å². The van der Waals surface area contributed by atoms with Crippen LogP contribution in [-0.2, 0) is 19.6 Å². The minimum Gasteiger partial charge on any atom is -0.490 e. The molecule has 206 valence electrons. The molecule has 0 aromatic heterocycles. The number of nitrogens with zero attached hydrogens (tertiary/aromatic N) is 3. The van der Waals surface area contributed by atoms with Crippen LogP contribution in [0.5, 0.6) is 5.75 Å². The van der Waals surface area contributed by atoms with E-state index in [0.29, 0.717) is 5.56 Å². The van der Waals surface area contributed by atoms with Gasteiger partial charge in [0.25, 0.3) is 5.91 Å². The number of fused-ring (bicyclic) bond motifs is 2. The molecule has 0 radical (unpaired) electrons. The van der Waals surface area contributed by atoms with Crippen molar-refractivity contribution in [2.24, 2.45) is 0 Å². The lowest BCUT2D eigenvalue weighted by molar-refractivity contribution is 0.0359. The van der Waals surface area contributed by atoms with Crippen molar-refractivity contribution in [3.05, 3.63) is 137 Å². The minimum absolute atomic E-state index is 0.0630. The summed E-state index contributed by atoms with van der Waals surface area (Å²) >= 11 is 0. The summed E-state index contributed by atoms with van der Waals surface area (Å²) in [4.78, 5) is 18.2. The monoisotopic (exact) mass is 541 g/mol. The molecule has 6 rings (SSSR count). The summed E-state index contributed by atoms with van der Waals surface area (Å²) in [5.41, 5.74) is 5.13. The zero-order valence-electron chi connectivity index (χ0n) is 23.2.